The van der Waals surface area contributed by atoms with E-state index in [2.05, 4.69) is 30.6 Å². The van der Waals surface area contributed by atoms with Gasteiger partial charge in [-0.05, 0) is 47.5 Å². The van der Waals surface area contributed by atoms with E-state index in [0.717, 1.165) is 0 Å². The number of H-pyrrole nitrogens is 4. The first-order chi connectivity index (χ1) is 21.3. The Morgan fingerprint density at radius 1 is 0.432 bits per heavy atom. The number of rotatable bonds is 2. The molecule has 0 saturated heterocycles. The van der Waals surface area contributed by atoms with Gasteiger partial charge in [0.2, 0.25) is 11.6 Å². The van der Waals surface area contributed by atoms with Crippen LogP contribution >= 0.6 is 0 Å². The maximum absolute atomic E-state index is 12.8. The topological polar surface area (TPSA) is 190 Å². The second kappa shape index (κ2) is 10.1. The molecule has 3 aromatic carbocycles. The Hall–Kier alpha value is -6.56. The van der Waals surface area contributed by atoms with Gasteiger partial charge in [-0.25, -0.2) is 0 Å². The summed E-state index contributed by atoms with van der Waals surface area (Å²) >= 11 is 0. The minimum absolute atomic E-state index is 0.00755. The Kier molecular flexibility index (Phi) is 6.03. The molecule has 2 aliphatic heterocycles. The molecule has 4 heterocycles. The van der Waals surface area contributed by atoms with Gasteiger partial charge in [0.05, 0.1) is 0 Å². The van der Waals surface area contributed by atoms with Crippen LogP contribution in [-0.4, -0.2) is 31.5 Å². The molecule has 5 aromatic rings. The van der Waals surface area contributed by atoms with Crippen LogP contribution in [0.15, 0.2) is 92.0 Å². The molecular weight excluding hydrogens is 564 g/mol. The van der Waals surface area contributed by atoms with E-state index in [1.807, 2.05) is 0 Å². The van der Waals surface area contributed by atoms with E-state index in [-0.39, 0.29) is 32.8 Å². The molecule has 12 nitrogen and oxygen atoms in total. The number of hydrogen-bond donors (Lipinski definition) is 6. The lowest BCUT2D eigenvalue weighted by Crippen LogP contribution is -2.48. The first kappa shape index (κ1) is 26.3. The number of carbonyl (C=O) groups excluding carboxylic acids is 2. The summed E-state index contributed by atoms with van der Waals surface area (Å²) in [7, 11) is 0. The number of hydrogen-bond acceptors (Lipinski definition) is 8. The molecule has 0 fully saturated rings. The summed E-state index contributed by atoms with van der Waals surface area (Å²) in [5.74, 6) is -0.790. The van der Waals surface area contributed by atoms with Gasteiger partial charge in [-0.3, -0.25) is 28.8 Å². The van der Waals surface area contributed by atoms with Gasteiger partial charge in [0, 0.05) is 22.5 Å². The van der Waals surface area contributed by atoms with Gasteiger partial charge >= 0.3 is 0 Å². The van der Waals surface area contributed by atoms with Crippen molar-refractivity contribution in [2.24, 2.45) is 0 Å². The predicted molar refractivity (Wildman–Crippen MR) is 163 cm³/mol. The number of nitrogens with one attached hydrogen (secondary N) is 6. The van der Waals surface area contributed by atoms with E-state index in [1.165, 1.54) is 12.2 Å². The molecule has 6 N–H and O–H groups in total. The van der Waals surface area contributed by atoms with Crippen molar-refractivity contribution < 1.29 is 9.59 Å². The summed E-state index contributed by atoms with van der Waals surface area (Å²) in [4.78, 5) is 86.8. The third-order valence-electron chi connectivity index (χ3n) is 7.29. The maximum Gasteiger partial charge on any atom is 0.274 e. The normalized spacial score (nSPS) is 16.9. The van der Waals surface area contributed by atoms with Crippen LogP contribution in [0, 0.1) is 0 Å². The summed E-state index contributed by atoms with van der Waals surface area (Å²) in [6.45, 7) is 0. The number of aromatic nitrogens is 4. The van der Waals surface area contributed by atoms with Crippen LogP contribution in [0.3, 0.4) is 0 Å². The average Bonchev–Trinajstić information content (AvgIpc) is 3.54. The van der Waals surface area contributed by atoms with Gasteiger partial charge in [-0.1, -0.05) is 48.5 Å². The molecule has 214 valence electrons. The maximum atomic E-state index is 12.8. The average molecular weight is 585 g/mol. The van der Waals surface area contributed by atoms with Gasteiger partial charge in [-0.2, -0.15) is 0 Å². The van der Waals surface area contributed by atoms with Gasteiger partial charge in [0.1, 0.15) is 32.8 Å². The van der Waals surface area contributed by atoms with Crippen molar-refractivity contribution in [2.45, 2.75) is 0 Å². The highest BCUT2D eigenvalue weighted by molar-refractivity contribution is 6.33. The minimum Gasteiger partial charge on any atom is -0.350 e. The summed E-state index contributed by atoms with van der Waals surface area (Å²) in [6.07, 6.45) is 2.92. The molecule has 0 radical (unpaired) electrons. The number of Topliss-reactive ketones (excluding diaryl/α,β-unsaturated/α-hetero) is 2. The first-order valence-corrected chi connectivity index (χ1v) is 13.4. The van der Waals surface area contributed by atoms with Crippen molar-refractivity contribution in [3.8, 4) is 0 Å². The van der Waals surface area contributed by atoms with E-state index < -0.39 is 33.8 Å². The number of benzene rings is 3. The zero-order valence-corrected chi connectivity index (χ0v) is 22.5. The number of fused-ring (bicyclic) bond motifs is 2. The SMILES string of the molecule is O=C1C(=c2[nH]c(=O)c(=Cc3ccc(C=c4[nH]c(=O)c(=C5Nc6ccccc6C5=O)[nH]c4=O)cc3)[nH]c2=O)Nc2ccccc21. The van der Waals surface area contributed by atoms with Crippen LogP contribution in [0.2, 0.25) is 0 Å². The molecule has 0 atom stereocenters. The zero-order valence-electron chi connectivity index (χ0n) is 22.5. The fraction of sp³-hybridized carbons (Fsp3) is 0. The molecule has 0 spiro atoms. The van der Waals surface area contributed by atoms with Crippen molar-refractivity contribution in [2.75, 3.05) is 10.6 Å². The Balaban J connectivity index is 1.20. The van der Waals surface area contributed by atoms with Crippen LogP contribution in [0.5, 0.6) is 0 Å². The Morgan fingerprint density at radius 2 is 0.818 bits per heavy atom. The van der Waals surface area contributed by atoms with Crippen molar-refractivity contribution >= 4 is 46.5 Å². The number of para-hydroxylation sites is 2. The predicted octanol–water partition coefficient (Wildman–Crippen LogP) is -1.07. The quantitative estimate of drug-likeness (QED) is 0.151. The third-order valence-corrected chi connectivity index (χ3v) is 7.29. The summed E-state index contributed by atoms with van der Waals surface area (Å²) in [5.41, 5.74) is 0.519. The summed E-state index contributed by atoms with van der Waals surface area (Å²) in [5, 5.41) is 5.40. The molecule has 7 rings (SSSR count). The lowest BCUT2D eigenvalue weighted by Gasteiger charge is -1.99. The van der Waals surface area contributed by atoms with Crippen LogP contribution in [-0.2, 0) is 0 Å². The molecule has 2 aliphatic rings. The van der Waals surface area contributed by atoms with Crippen molar-refractivity contribution in [3.05, 3.63) is 158 Å². The highest BCUT2D eigenvalue weighted by Gasteiger charge is 2.27. The van der Waals surface area contributed by atoms with E-state index in [9.17, 15) is 28.8 Å². The van der Waals surface area contributed by atoms with E-state index in [0.29, 0.717) is 33.6 Å². The van der Waals surface area contributed by atoms with Crippen molar-refractivity contribution in [1.82, 2.24) is 19.9 Å². The Morgan fingerprint density at radius 3 is 1.20 bits per heavy atom. The lowest BCUT2D eigenvalue weighted by atomic mass is 10.1. The number of carbonyl (C=O) groups is 2. The summed E-state index contributed by atoms with van der Waals surface area (Å²) < 4.78 is 0. The zero-order chi connectivity index (χ0) is 30.5. The van der Waals surface area contributed by atoms with Crippen LogP contribution < -0.4 is 54.3 Å². The van der Waals surface area contributed by atoms with Gasteiger partial charge < -0.3 is 30.6 Å². The summed E-state index contributed by atoms with van der Waals surface area (Å²) in [6, 6.07) is 20.2. The molecular formula is C32H20N6O6. The highest BCUT2D eigenvalue weighted by atomic mass is 16.2. The smallest absolute Gasteiger partial charge is 0.274 e. The fourth-order valence-corrected chi connectivity index (χ4v) is 5.12. The van der Waals surface area contributed by atoms with Crippen molar-refractivity contribution in [3.63, 3.8) is 0 Å². The van der Waals surface area contributed by atoms with E-state index >= 15 is 0 Å². The molecule has 0 aliphatic carbocycles. The molecule has 0 saturated carbocycles. The molecule has 0 bridgehead atoms. The largest absolute Gasteiger partial charge is 0.350 e. The van der Waals surface area contributed by atoms with Gasteiger partial charge in [0.25, 0.3) is 22.2 Å². The second-order valence-corrected chi connectivity index (χ2v) is 10.1. The Labute approximate surface area is 244 Å². The number of anilines is 2. The highest BCUT2D eigenvalue weighted by Crippen LogP contribution is 2.27. The van der Waals surface area contributed by atoms with Crippen LogP contribution in [0.25, 0.3) is 23.5 Å². The molecule has 0 unspecified atom stereocenters. The van der Waals surface area contributed by atoms with E-state index in [4.69, 9.17) is 0 Å². The fourth-order valence-electron chi connectivity index (χ4n) is 5.12. The van der Waals surface area contributed by atoms with Gasteiger partial charge in [0.15, 0.2) is 0 Å². The Bertz CT molecular complexity index is 2390. The first-order valence-electron chi connectivity index (χ1n) is 13.4. The molecule has 44 heavy (non-hydrogen) atoms. The minimum atomic E-state index is -0.646. The van der Waals surface area contributed by atoms with Crippen LogP contribution in [0.4, 0.5) is 11.4 Å². The van der Waals surface area contributed by atoms with Crippen molar-refractivity contribution in [1.29, 1.82) is 0 Å². The monoisotopic (exact) mass is 584 g/mol. The lowest BCUT2D eigenvalue weighted by molar-refractivity contribution is 0.105. The molecule has 2 aromatic heterocycles. The molecule has 12 heteroatoms. The molecule has 0 amide bonds. The third kappa shape index (κ3) is 4.43. The number of aromatic amines is 4. The van der Waals surface area contributed by atoms with E-state index in [1.54, 1.807) is 72.8 Å². The number of ketones is 2. The standard InChI is InChI=1S/C32H20N6O6/c39-27-17-5-1-3-7-19(17)33-23(27)25-31(43)35-21(29(41)37-25)13-15-9-11-16(12-10-15)14-22-30(42)38-26(32(44)36-22)24-28(40)18-6-2-4-8-20(18)34-24/h1-14,33-34H,(H,35,43)(H,36,44)(H,37,41)(H,38,42). The van der Waals surface area contributed by atoms with Gasteiger partial charge in [-0.15, -0.1) is 0 Å². The van der Waals surface area contributed by atoms with Crippen LogP contribution in [0.1, 0.15) is 31.8 Å². The second-order valence-electron chi connectivity index (χ2n) is 10.1.